The summed E-state index contributed by atoms with van der Waals surface area (Å²) in [5, 5.41) is 19.5. The summed E-state index contributed by atoms with van der Waals surface area (Å²) in [5.41, 5.74) is -0.0695. The minimum Gasteiger partial charge on any atom is -0.508 e. The average Bonchev–Trinajstić information content (AvgIpc) is 2.54. The number of hydrogen-bond donors (Lipinski definition) is 2. The van der Waals surface area contributed by atoms with Crippen LogP contribution in [0.4, 0.5) is 0 Å². The fourth-order valence-electron chi connectivity index (χ4n) is 1.90. The van der Waals surface area contributed by atoms with Gasteiger partial charge in [0.2, 0.25) is 5.78 Å². The Bertz CT molecular complexity index is 806. The van der Waals surface area contributed by atoms with Gasteiger partial charge in [0, 0.05) is 11.1 Å². The van der Waals surface area contributed by atoms with E-state index in [-0.39, 0.29) is 22.1 Å². The predicted molar refractivity (Wildman–Crippen MR) is 91.6 cm³/mol. The zero-order chi connectivity index (χ0) is 18.6. The molecule has 8 heteroatoms. The number of hydrogen-bond acceptors (Lipinski definition) is 6. The molecule has 132 valence electrons. The quantitative estimate of drug-likeness (QED) is 0.583. The van der Waals surface area contributed by atoms with Crippen LogP contribution in [-0.4, -0.2) is 34.7 Å². The fraction of sp³-hybridized carbons (Fsp3) is 0.176. The maximum atomic E-state index is 12.0. The predicted octanol–water partition coefficient (Wildman–Crippen LogP) is 3.60. The molecule has 0 aliphatic rings. The number of Topliss-reactive ketones (excluding diaryl/α,β-unsaturated/α-hetero) is 1. The first-order valence-corrected chi connectivity index (χ1v) is 7.87. The van der Waals surface area contributed by atoms with E-state index < -0.39 is 30.2 Å². The Kier molecular flexibility index (Phi) is 6.12. The molecule has 0 saturated carbocycles. The van der Waals surface area contributed by atoms with Gasteiger partial charge in [-0.25, -0.2) is 4.79 Å². The van der Waals surface area contributed by atoms with E-state index in [0.29, 0.717) is 5.02 Å². The maximum absolute atomic E-state index is 12.0. The van der Waals surface area contributed by atoms with Crippen LogP contribution in [-0.2, 0) is 9.53 Å². The molecule has 0 aliphatic carbocycles. The third-order valence-corrected chi connectivity index (χ3v) is 3.69. The lowest BCUT2D eigenvalue weighted by molar-refractivity contribution is -0.149. The molecule has 0 bridgehead atoms. The first kappa shape index (κ1) is 18.9. The van der Waals surface area contributed by atoms with Crippen LogP contribution in [0, 0.1) is 0 Å². The number of phenolic OH excluding ortho intramolecular Hbond substituents is 2. The lowest BCUT2D eigenvalue weighted by atomic mass is 10.1. The van der Waals surface area contributed by atoms with E-state index >= 15 is 0 Å². The van der Waals surface area contributed by atoms with Crippen LogP contribution in [0.2, 0.25) is 10.0 Å². The molecule has 2 aromatic carbocycles. The number of phenols is 2. The van der Waals surface area contributed by atoms with Gasteiger partial charge >= 0.3 is 5.97 Å². The first-order chi connectivity index (χ1) is 11.8. The van der Waals surface area contributed by atoms with Gasteiger partial charge in [0.05, 0.1) is 10.6 Å². The molecule has 0 amide bonds. The lowest BCUT2D eigenvalue weighted by Gasteiger charge is -2.15. The van der Waals surface area contributed by atoms with Crippen molar-refractivity contribution in [2.24, 2.45) is 0 Å². The van der Waals surface area contributed by atoms with Crippen LogP contribution in [0.15, 0.2) is 36.4 Å². The molecule has 1 atom stereocenters. The number of rotatable bonds is 6. The SMILES string of the molecule is C[C@H](Oc1ccc(Cl)cc1Cl)C(=O)OCC(=O)c1ccc(O)cc1O. The molecule has 2 N–H and O–H groups in total. The van der Waals surface area contributed by atoms with Gasteiger partial charge in [-0.15, -0.1) is 0 Å². The summed E-state index contributed by atoms with van der Waals surface area (Å²) in [6.45, 7) is 0.856. The van der Waals surface area contributed by atoms with Crippen LogP contribution in [0.3, 0.4) is 0 Å². The molecule has 0 unspecified atom stereocenters. The molecule has 0 aliphatic heterocycles. The summed E-state index contributed by atoms with van der Waals surface area (Å²) in [4.78, 5) is 23.9. The van der Waals surface area contributed by atoms with Gasteiger partial charge < -0.3 is 19.7 Å². The smallest absolute Gasteiger partial charge is 0.347 e. The van der Waals surface area contributed by atoms with Gasteiger partial charge in [-0.3, -0.25) is 4.79 Å². The van der Waals surface area contributed by atoms with Crippen LogP contribution >= 0.6 is 23.2 Å². The summed E-state index contributed by atoms with van der Waals surface area (Å²) in [7, 11) is 0. The topological polar surface area (TPSA) is 93.1 Å². The molecule has 0 radical (unpaired) electrons. The molecule has 0 saturated heterocycles. The minimum atomic E-state index is -1.01. The molecule has 6 nitrogen and oxygen atoms in total. The maximum Gasteiger partial charge on any atom is 0.347 e. The van der Waals surface area contributed by atoms with Crippen LogP contribution < -0.4 is 4.74 Å². The van der Waals surface area contributed by atoms with E-state index in [1.165, 1.54) is 31.2 Å². The molecule has 0 fully saturated rings. The van der Waals surface area contributed by atoms with E-state index in [1.807, 2.05) is 0 Å². The molecule has 2 rings (SSSR count). The number of ether oxygens (including phenoxy) is 2. The summed E-state index contributed by atoms with van der Waals surface area (Å²) < 4.78 is 10.3. The number of benzene rings is 2. The second-order valence-electron chi connectivity index (χ2n) is 5.07. The van der Waals surface area contributed by atoms with Crippen molar-refractivity contribution in [3.63, 3.8) is 0 Å². The van der Waals surface area contributed by atoms with Crippen molar-refractivity contribution in [2.75, 3.05) is 6.61 Å². The summed E-state index contributed by atoms with van der Waals surface area (Å²) in [6, 6.07) is 8.01. The van der Waals surface area contributed by atoms with E-state index in [9.17, 15) is 19.8 Å². The molecule has 25 heavy (non-hydrogen) atoms. The Morgan fingerprint density at radius 1 is 1.12 bits per heavy atom. The summed E-state index contributed by atoms with van der Waals surface area (Å²) >= 11 is 11.7. The normalized spacial score (nSPS) is 11.6. The minimum absolute atomic E-state index is 0.0695. The van der Waals surface area contributed by atoms with E-state index in [0.717, 1.165) is 6.07 Å². The van der Waals surface area contributed by atoms with Crippen molar-refractivity contribution in [3.05, 3.63) is 52.0 Å². The highest BCUT2D eigenvalue weighted by atomic mass is 35.5. The van der Waals surface area contributed by atoms with Gasteiger partial charge in [-0.2, -0.15) is 0 Å². The summed E-state index contributed by atoms with van der Waals surface area (Å²) in [5.74, 6) is -1.75. The Balaban J connectivity index is 1.93. The zero-order valence-corrected chi connectivity index (χ0v) is 14.5. The Morgan fingerprint density at radius 3 is 2.48 bits per heavy atom. The first-order valence-electron chi connectivity index (χ1n) is 7.11. The lowest BCUT2D eigenvalue weighted by Crippen LogP contribution is -2.28. The number of esters is 1. The number of carbonyl (C=O) groups is 2. The monoisotopic (exact) mass is 384 g/mol. The third-order valence-electron chi connectivity index (χ3n) is 3.16. The average molecular weight is 385 g/mol. The van der Waals surface area contributed by atoms with E-state index in [4.69, 9.17) is 32.7 Å². The van der Waals surface area contributed by atoms with Gasteiger partial charge in [-0.1, -0.05) is 23.2 Å². The third kappa shape index (κ3) is 5.01. The molecule has 2 aromatic rings. The Hall–Kier alpha value is -2.44. The van der Waals surface area contributed by atoms with Crippen molar-refractivity contribution < 1.29 is 29.3 Å². The van der Waals surface area contributed by atoms with Gasteiger partial charge in [0.25, 0.3) is 0 Å². The summed E-state index contributed by atoms with van der Waals surface area (Å²) in [6.07, 6.45) is -1.01. The van der Waals surface area contributed by atoms with Crippen molar-refractivity contribution in [1.82, 2.24) is 0 Å². The highest BCUT2D eigenvalue weighted by molar-refractivity contribution is 6.35. The molecule has 0 aromatic heterocycles. The largest absolute Gasteiger partial charge is 0.508 e. The molecular weight excluding hydrogens is 371 g/mol. The highest BCUT2D eigenvalue weighted by Crippen LogP contribution is 2.28. The molecule has 0 heterocycles. The molecule has 0 spiro atoms. The van der Waals surface area contributed by atoms with Gasteiger partial charge in [0.1, 0.15) is 17.2 Å². The van der Waals surface area contributed by atoms with Gasteiger partial charge in [-0.05, 0) is 37.3 Å². The van der Waals surface area contributed by atoms with E-state index in [1.54, 1.807) is 6.07 Å². The van der Waals surface area contributed by atoms with Crippen molar-refractivity contribution in [2.45, 2.75) is 13.0 Å². The standard InChI is InChI=1S/C17H14Cl2O6/c1-9(25-16-5-2-10(18)6-13(16)19)17(23)24-8-15(22)12-4-3-11(20)7-14(12)21/h2-7,9,20-21H,8H2,1H3/t9-/m0/s1. The van der Waals surface area contributed by atoms with Gasteiger partial charge in [0.15, 0.2) is 12.7 Å². The van der Waals surface area contributed by atoms with Crippen molar-refractivity contribution >= 4 is 35.0 Å². The number of carbonyl (C=O) groups excluding carboxylic acids is 2. The number of aromatic hydroxyl groups is 2. The van der Waals surface area contributed by atoms with Crippen molar-refractivity contribution in [3.8, 4) is 17.2 Å². The Morgan fingerprint density at radius 2 is 1.84 bits per heavy atom. The number of ketones is 1. The molecular formula is C17H14Cl2O6. The highest BCUT2D eigenvalue weighted by Gasteiger charge is 2.20. The van der Waals surface area contributed by atoms with E-state index in [2.05, 4.69) is 0 Å². The Labute approximate surface area is 153 Å². The second kappa shape index (κ2) is 8.09. The fourth-order valence-corrected chi connectivity index (χ4v) is 2.35. The van der Waals surface area contributed by atoms with Crippen LogP contribution in [0.25, 0.3) is 0 Å². The second-order valence-corrected chi connectivity index (χ2v) is 5.91. The number of halogens is 2. The van der Waals surface area contributed by atoms with Crippen molar-refractivity contribution in [1.29, 1.82) is 0 Å². The zero-order valence-electron chi connectivity index (χ0n) is 13.0. The van der Waals surface area contributed by atoms with Crippen LogP contribution in [0.1, 0.15) is 17.3 Å². The van der Waals surface area contributed by atoms with Crippen LogP contribution in [0.5, 0.6) is 17.2 Å².